The molecule has 0 aliphatic carbocycles. The fourth-order valence-electron chi connectivity index (χ4n) is 3.16. The van der Waals surface area contributed by atoms with Gasteiger partial charge < -0.3 is 0 Å². The quantitative estimate of drug-likeness (QED) is 0.349. The van der Waals surface area contributed by atoms with Gasteiger partial charge in [-0.05, 0) is 29.2 Å². The first-order chi connectivity index (χ1) is 13.7. The molecule has 0 aliphatic heterocycles. The van der Waals surface area contributed by atoms with Crippen LogP contribution >= 0.6 is 22.7 Å². The topological polar surface area (TPSA) is 80.2 Å². The van der Waals surface area contributed by atoms with Crippen LogP contribution in [0, 0.1) is 0 Å². The van der Waals surface area contributed by atoms with E-state index in [0.29, 0.717) is 10.6 Å². The fourth-order valence-corrected chi connectivity index (χ4v) is 6.01. The Morgan fingerprint density at radius 1 is 0.833 bits per heavy atom. The zero-order valence-corrected chi connectivity index (χ0v) is 20.2. The van der Waals surface area contributed by atoms with Gasteiger partial charge in [-0.2, -0.15) is 8.42 Å². The molecule has 4 aromatic rings. The van der Waals surface area contributed by atoms with Gasteiger partial charge in [-0.15, -0.1) is 22.7 Å². The number of fused-ring (bicyclic) bond motifs is 2. The summed E-state index contributed by atoms with van der Waals surface area (Å²) in [6.07, 6.45) is 0. The monoisotopic (exact) mass is 460 g/mol. The summed E-state index contributed by atoms with van der Waals surface area (Å²) in [5, 5.41) is 1.63. The molecule has 30 heavy (non-hydrogen) atoms. The summed E-state index contributed by atoms with van der Waals surface area (Å²) < 4.78 is 36.1. The van der Waals surface area contributed by atoms with Gasteiger partial charge in [0.15, 0.2) is 0 Å². The number of rotatable bonds is 2. The molecule has 0 atom stereocenters. The number of hydrogen-bond donors (Lipinski definition) is 1. The Kier molecular flexibility index (Phi) is 4.85. The van der Waals surface area contributed by atoms with Crippen LogP contribution < -0.4 is 0 Å². The molecule has 5 nitrogen and oxygen atoms in total. The second kappa shape index (κ2) is 6.82. The predicted octanol–water partition coefficient (Wildman–Crippen LogP) is 6.41. The molecule has 158 valence electrons. The number of aromatic nitrogens is 2. The Balaban J connectivity index is 1.89. The van der Waals surface area contributed by atoms with Crippen LogP contribution in [0.2, 0.25) is 0 Å². The molecule has 1 N–H and O–H groups in total. The Morgan fingerprint density at radius 2 is 1.43 bits per heavy atom. The first-order valence-electron chi connectivity index (χ1n) is 9.57. The Bertz CT molecular complexity index is 1330. The van der Waals surface area contributed by atoms with E-state index in [-0.39, 0.29) is 15.7 Å². The Hall–Kier alpha value is -1.87. The van der Waals surface area contributed by atoms with Gasteiger partial charge in [0.25, 0.3) is 10.1 Å². The average Bonchev–Trinajstić information content (AvgIpc) is 3.20. The SMILES string of the molecule is CC(C)(C)c1ccc(-c2nc3cc4sc(C(C)(C)C)nc4cc3s2)c(S(=O)(=O)O)c1. The van der Waals surface area contributed by atoms with Crippen LogP contribution in [0.1, 0.15) is 52.1 Å². The van der Waals surface area contributed by atoms with Crippen molar-refractivity contribution in [1.82, 2.24) is 9.97 Å². The van der Waals surface area contributed by atoms with Gasteiger partial charge in [0.2, 0.25) is 0 Å². The molecule has 2 heterocycles. The fraction of sp³-hybridized carbons (Fsp3) is 0.364. The van der Waals surface area contributed by atoms with E-state index in [0.717, 1.165) is 31.0 Å². The minimum absolute atomic E-state index is 0.0190. The van der Waals surface area contributed by atoms with E-state index in [1.165, 1.54) is 11.3 Å². The van der Waals surface area contributed by atoms with E-state index in [4.69, 9.17) is 9.97 Å². The maximum atomic E-state index is 12.1. The highest BCUT2D eigenvalue weighted by Crippen LogP contribution is 2.39. The maximum absolute atomic E-state index is 12.1. The van der Waals surface area contributed by atoms with E-state index in [1.807, 2.05) is 39.0 Å². The lowest BCUT2D eigenvalue weighted by Gasteiger charge is -2.20. The summed E-state index contributed by atoms with van der Waals surface area (Å²) in [6, 6.07) is 9.19. The number of hydrogen-bond acceptors (Lipinski definition) is 6. The molecular weight excluding hydrogens is 436 g/mol. The Labute approximate surface area is 184 Å². The highest BCUT2D eigenvalue weighted by atomic mass is 32.2. The molecule has 0 radical (unpaired) electrons. The highest BCUT2D eigenvalue weighted by molar-refractivity contribution is 7.86. The normalized spacial score (nSPS) is 13.4. The summed E-state index contributed by atoms with van der Waals surface area (Å²) in [5.41, 5.74) is 2.71. The minimum atomic E-state index is -4.39. The second-order valence-electron chi connectivity index (χ2n) is 9.51. The molecule has 4 rings (SSSR count). The largest absolute Gasteiger partial charge is 0.295 e. The Morgan fingerprint density at radius 3 is 2.00 bits per heavy atom. The molecule has 0 saturated heterocycles. The molecule has 0 fully saturated rings. The molecule has 0 aliphatic rings. The third-order valence-corrected chi connectivity index (χ3v) is 8.28. The summed E-state index contributed by atoms with van der Waals surface area (Å²) >= 11 is 3.06. The molecule has 0 amide bonds. The van der Waals surface area contributed by atoms with Crippen molar-refractivity contribution in [2.75, 3.05) is 0 Å². The van der Waals surface area contributed by atoms with E-state index < -0.39 is 10.1 Å². The highest BCUT2D eigenvalue weighted by Gasteiger charge is 2.24. The van der Waals surface area contributed by atoms with Gasteiger partial charge in [-0.1, -0.05) is 53.7 Å². The van der Waals surface area contributed by atoms with Crippen LogP contribution in [0.4, 0.5) is 0 Å². The summed E-state index contributed by atoms with van der Waals surface area (Å²) in [5.74, 6) is 0. The van der Waals surface area contributed by atoms with Gasteiger partial charge in [-0.25, -0.2) is 9.97 Å². The molecule has 2 aromatic heterocycles. The van der Waals surface area contributed by atoms with E-state index in [2.05, 4.69) is 20.8 Å². The maximum Gasteiger partial charge on any atom is 0.295 e. The molecule has 0 bridgehead atoms. The van der Waals surface area contributed by atoms with Crippen molar-refractivity contribution in [3.05, 3.63) is 40.9 Å². The standard InChI is InChI=1S/C22H24N2O3S3/c1-21(2,3)12-7-8-13(18(9-12)30(25,26)27)19-23-14-10-17-15(11-16(14)28-19)24-20(29-17)22(4,5)6/h7-11H,1-6H3,(H,25,26,27). The predicted molar refractivity (Wildman–Crippen MR) is 125 cm³/mol. The van der Waals surface area contributed by atoms with Crippen molar-refractivity contribution in [2.45, 2.75) is 57.3 Å². The van der Waals surface area contributed by atoms with Crippen LogP contribution in [0.3, 0.4) is 0 Å². The first-order valence-corrected chi connectivity index (χ1v) is 12.6. The van der Waals surface area contributed by atoms with Crippen LogP contribution in [-0.2, 0) is 20.9 Å². The minimum Gasteiger partial charge on any atom is -0.282 e. The van der Waals surface area contributed by atoms with Gasteiger partial charge >= 0.3 is 0 Å². The smallest absolute Gasteiger partial charge is 0.282 e. The lowest BCUT2D eigenvalue weighted by atomic mass is 9.87. The summed E-state index contributed by atoms with van der Waals surface area (Å²) in [4.78, 5) is 9.36. The first kappa shape index (κ1) is 21.4. The van der Waals surface area contributed by atoms with Gasteiger partial charge in [-0.3, -0.25) is 4.55 Å². The van der Waals surface area contributed by atoms with Gasteiger partial charge in [0.1, 0.15) is 9.90 Å². The van der Waals surface area contributed by atoms with Crippen molar-refractivity contribution in [2.24, 2.45) is 0 Å². The van der Waals surface area contributed by atoms with E-state index in [9.17, 15) is 13.0 Å². The van der Waals surface area contributed by atoms with Gasteiger partial charge in [0.05, 0.1) is 25.4 Å². The van der Waals surface area contributed by atoms with Crippen LogP contribution in [0.25, 0.3) is 31.0 Å². The van der Waals surface area contributed by atoms with E-state index >= 15 is 0 Å². The second-order valence-corrected chi connectivity index (χ2v) is 13.0. The zero-order valence-electron chi connectivity index (χ0n) is 17.8. The van der Waals surface area contributed by atoms with Crippen molar-refractivity contribution < 1.29 is 13.0 Å². The molecular formula is C22H24N2O3S3. The summed E-state index contributed by atoms with van der Waals surface area (Å²) in [6.45, 7) is 12.4. The average molecular weight is 461 g/mol. The third-order valence-electron chi connectivity index (χ3n) is 4.90. The molecule has 0 unspecified atom stereocenters. The molecule has 2 aromatic carbocycles. The van der Waals surface area contributed by atoms with Crippen LogP contribution in [0.15, 0.2) is 35.2 Å². The van der Waals surface area contributed by atoms with Crippen molar-refractivity contribution in [3.8, 4) is 10.6 Å². The zero-order chi connectivity index (χ0) is 22.1. The van der Waals surface area contributed by atoms with Crippen molar-refractivity contribution in [3.63, 3.8) is 0 Å². The molecule has 8 heteroatoms. The summed E-state index contributed by atoms with van der Waals surface area (Å²) in [7, 11) is -4.39. The molecule has 0 saturated carbocycles. The van der Waals surface area contributed by atoms with Gasteiger partial charge in [0, 0.05) is 11.0 Å². The van der Waals surface area contributed by atoms with Crippen molar-refractivity contribution in [1.29, 1.82) is 0 Å². The van der Waals surface area contributed by atoms with E-state index in [1.54, 1.807) is 23.5 Å². The number of benzene rings is 2. The lowest BCUT2D eigenvalue weighted by Crippen LogP contribution is -2.13. The number of thiazole rings is 2. The number of nitrogens with zero attached hydrogens (tertiary/aromatic N) is 2. The van der Waals surface area contributed by atoms with Crippen LogP contribution in [-0.4, -0.2) is 22.9 Å². The van der Waals surface area contributed by atoms with Crippen LogP contribution in [0.5, 0.6) is 0 Å². The molecule has 0 spiro atoms. The lowest BCUT2D eigenvalue weighted by molar-refractivity contribution is 0.483. The van der Waals surface area contributed by atoms with Crippen molar-refractivity contribution >= 4 is 53.2 Å². The third kappa shape index (κ3) is 3.89.